The molecule has 0 aliphatic carbocycles. The maximum atomic E-state index is 13.8. The second-order valence-corrected chi connectivity index (χ2v) is 8.56. The number of fused-ring (bicyclic) bond motifs is 1. The van der Waals surface area contributed by atoms with Crippen LogP contribution in [-0.2, 0) is 22.6 Å². The first-order valence-electron chi connectivity index (χ1n) is 10.2. The first-order valence-corrected chi connectivity index (χ1v) is 10.2. The van der Waals surface area contributed by atoms with Crippen molar-refractivity contribution in [2.75, 3.05) is 13.2 Å². The molecule has 3 rings (SSSR count). The Labute approximate surface area is 184 Å². The molecule has 8 nitrogen and oxygen atoms in total. The Kier molecular flexibility index (Phi) is 6.89. The molecule has 1 atom stereocenters. The zero-order valence-electron chi connectivity index (χ0n) is 18.2. The van der Waals surface area contributed by atoms with Crippen LogP contribution in [0.2, 0.25) is 0 Å². The van der Waals surface area contributed by atoms with Crippen LogP contribution in [0.25, 0.3) is 11.3 Å². The SMILES string of the molecule is CC(C)(C)[C@H](NC(=O)n1nc(-c2ccc(F)c(F)c2)c2c1CCOC2)C(=O)NCCC#N. The minimum Gasteiger partial charge on any atom is -0.376 e. The third-order valence-corrected chi connectivity index (χ3v) is 5.14. The number of hydrogen-bond donors (Lipinski definition) is 2. The van der Waals surface area contributed by atoms with Crippen LogP contribution in [0.3, 0.4) is 0 Å². The number of rotatable bonds is 5. The molecule has 1 aromatic carbocycles. The summed E-state index contributed by atoms with van der Waals surface area (Å²) in [5, 5.41) is 18.4. The Bertz CT molecular complexity index is 1070. The van der Waals surface area contributed by atoms with E-state index in [0.29, 0.717) is 35.5 Å². The molecule has 0 radical (unpaired) electrons. The van der Waals surface area contributed by atoms with Gasteiger partial charge in [-0.2, -0.15) is 15.0 Å². The van der Waals surface area contributed by atoms with E-state index in [1.807, 2.05) is 6.07 Å². The zero-order valence-corrected chi connectivity index (χ0v) is 18.2. The summed E-state index contributed by atoms with van der Waals surface area (Å²) in [6.45, 7) is 6.14. The summed E-state index contributed by atoms with van der Waals surface area (Å²) in [4.78, 5) is 25.8. The highest BCUT2D eigenvalue weighted by atomic mass is 19.2. The minimum absolute atomic E-state index is 0.154. The van der Waals surface area contributed by atoms with Gasteiger partial charge in [-0.05, 0) is 23.6 Å². The average Bonchev–Trinajstić information content (AvgIpc) is 3.13. The van der Waals surface area contributed by atoms with Crippen LogP contribution in [0.1, 0.15) is 38.4 Å². The van der Waals surface area contributed by atoms with E-state index < -0.39 is 35.0 Å². The van der Waals surface area contributed by atoms with Gasteiger partial charge >= 0.3 is 6.03 Å². The molecule has 1 aliphatic rings. The summed E-state index contributed by atoms with van der Waals surface area (Å²) in [5.74, 6) is -2.41. The lowest BCUT2D eigenvalue weighted by atomic mass is 9.86. The molecule has 0 spiro atoms. The van der Waals surface area contributed by atoms with Crippen molar-refractivity contribution in [3.05, 3.63) is 41.1 Å². The molecule has 170 valence electrons. The summed E-state index contributed by atoms with van der Waals surface area (Å²) in [7, 11) is 0. The largest absolute Gasteiger partial charge is 0.376 e. The Morgan fingerprint density at radius 2 is 2.06 bits per heavy atom. The van der Waals surface area contributed by atoms with E-state index in [1.54, 1.807) is 20.8 Å². The van der Waals surface area contributed by atoms with E-state index in [4.69, 9.17) is 10.00 Å². The number of nitriles is 1. The van der Waals surface area contributed by atoms with Crippen LogP contribution in [0, 0.1) is 28.4 Å². The van der Waals surface area contributed by atoms with Crippen molar-refractivity contribution in [1.82, 2.24) is 20.4 Å². The number of carbonyl (C=O) groups is 2. The number of amides is 2. The Morgan fingerprint density at radius 3 is 2.72 bits per heavy atom. The normalized spacial score (nSPS) is 14.2. The van der Waals surface area contributed by atoms with Crippen molar-refractivity contribution < 1.29 is 23.1 Å². The highest BCUT2D eigenvalue weighted by Gasteiger charge is 2.34. The molecule has 32 heavy (non-hydrogen) atoms. The Hall–Kier alpha value is -3.32. The number of hydrogen-bond acceptors (Lipinski definition) is 5. The molecular weight excluding hydrogens is 420 g/mol. The Morgan fingerprint density at radius 1 is 1.31 bits per heavy atom. The van der Waals surface area contributed by atoms with Crippen molar-refractivity contribution in [2.24, 2.45) is 5.41 Å². The van der Waals surface area contributed by atoms with Gasteiger partial charge in [0.2, 0.25) is 5.91 Å². The van der Waals surface area contributed by atoms with Crippen molar-refractivity contribution >= 4 is 11.9 Å². The third kappa shape index (κ3) is 4.94. The predicted octanol–water partition coefficient (Wildman–Crippen LogP) is 2.90. The van der Waals surface area contributed by atoms with E-state index in [-0.39, 0.29) is 19.6 Å². The third-order valence-electron chi connectivity index (χ3n) is 5.14. The van der Waals surface area contributed by atoms with E-state index in [9.17, 15) is 18.4 Å². The van der Waals surface area contributed by atoms with Gasteiger partial charge in [-0.25, -0.2) is 13.6 Å². The van der Waals surface area contributed by atoms with Gasteiger partial charge in [0.25, 0.3) is 0 Å². The maximum Gasteiger partial charge on any atom is 0.343 e. The fourth-order valence-corrected chi connectivity index (χ4v) is 3.48. The van der Waals surface area contributed by atoms with Crippen molar-refractivity contribution in [3.63, 3.8) is 0 Å². The highest BCUT2D eigenvalue weighted by Crippen LogP contribution is 2.30. The van der Waals surface area contributed by atoms with E-state index in [2.05, 4.69) is 15.7 Å². The first kappa shape index (κ1) is 23.3. The average molecular weight is 445 g/mol. The fraction of sp³-hybridized carbons (Fsp3) is 0.455. The van der Waals surface area contributed by atoms with E-state index in [1.165, 1.54) is 6.07 Å². The summed E-state index contributed by atoms with van der Waals surface area (Å²) >= 11 is 0. The highest BCUT2D eigenvalue weighted by molar-refractivity contribution is 5.89. The van der Waals surface area contributed by atoms with Crippen LogP contribution < -0.4 is 10.6 Å². The number of ether oxygens (including phenoxy) is 1. The molecular formula is C22H25F2N5O3. The lowest BCUT2D eigenvalue weighted by Crippen LogP contribution is -2.54. The number of aromatic nitrogens is 2. The quantitative estimate of drug-likeness (QED) is 0.688. The molecule has 2 N–H and O–H groups in total. The van der Waals surface area contributed by atoms with Crippen LogP contribution in [0.15, 0.2) is 18.2 Å². The van der Waals surface area contributed by atoms with Crippen LogP contribution in [0.5, 0.6) is 0 Å². The molecule has 0 bridgehead atoms. The molecule has 2 amide bonds. The van der Waals surface area contributed by atoms with Crippen LogP contribution >= 0.6 is 0 Å². The van der Waals surface area contributed by atoms with Crippen LogP contribution in [-0.4, -0.2) is 40.9 Å². The van der Waals surface area contributed by atoms with Crippen molar-refractivity contribution in [2.45, 2.75) is 46.3 Å². The van der Waals surface area contributed by atoms with Crippen molar-refractivity contribution in [3.8, 4) is 17.3 Å². The fourth-order valence-electron chi connectivity index (χ4n) is 3.48. The smallest absolute Gasteiger partial charge is 0.343 e. The van der Waals surface area contributed by atoms with E-state index in [0.717, 1.165) is 16.8 Å². The summed E-state index contributed by atoms with van der Waals surface area (Å²) in [6.07, 6.45) is 0.550. The molecule has 0 fully saturated rings. The van der Waals surface area contributed by atoms with Gasteiger partial charge in [0, 0.05) is 24.1 Å². The predicted molar refractivity (Wildman–Crippen MR) is 111 cm³/mol. The number of nitrogens with one attached hydrogen (secondary N) is 2. The molecule has 2 heterocycles. The lowest BCUT2D eigenvalue weighted by molar-refractivity contribution is -0.125. The molecule has 1 aliphatic heterocycles. The molecule has 0 saturated heterocycles. The maximum absolute atomic E-state index is 13.8. The van der Waals surface area contributed by atoms with Gasteiger partial charge < -0.3 is 15.4 Å². The van der Waals surface area contributed by atoms with Gasteiger partial charge in [0.15, 0.2) is 11.6 Å². The number of benzene rings is 1. The molecule has 0 saturated carbocycles. The Balaban J connectivity index is 1.93. The van der Waals surface area contributed by atoms with E-state index >= 15 is 0 Å². The van der Waals surface area contributed by atoms with Gasteiger partial charge in [-0.1, -0.05) is 20.8 Å². The zero-order chi connectivity index (χ0) is 23.5. The van der Waals surface area contributed by atoms with Gasteiger partial charge in [0.1, 0.15) is 6.04 Å². The number of carbonyl (C=O) groups excluding carboxylic acids is 2. The molecule has 2 aromatic rings. The van der Waals surface area contributed by atoms with Crippen molar-refractivity contribution in [1.29, 1.82) is 5.26 Å². The standard InChI is InChI=1S/C22H25F2N5O3/c1-22(2,3)19(20(30)26-9-4-8-25)27-21(31)29-17-7-10-32-12-14(17)18(28-29)13-5-6-15(23)16(24)11-13/h5-6,11,19H,4,7,9-10,12H2,1-3H3,(H,26,30)(H,27,31)/t19-/m1/s1. The molecule has 1 aromatic heterocycles. The second-order valence-electron chi connectivity index (χ2n) is 8.56. The summed E-state index contributed by atoms with van der Waals surface area (Å²) in [5.41, 5.74) is 1.22. The summed E-state index contributed by atoms with van der Waals surface area (Å²) in [6, 6.07) is 3.85. The number of halogens is 2. The minimum atomic E-state index is -1.02. The topological polar surface area (TPSA) is 109 Å². The monoisotopic (exact) mass is 445 g/mol. The van der Waals surface area contributed by atoms with Gasteiger partial charge in [-0.15, -0.1) is 0 Å². The second kappa shape index (κ2) is 9.44. The van der Waals surface area contributed by atoms with Crippen LogP contribution in [0.4, 0.5) is 13.6 Å². The van der Waals surface area contributed by atoms with Gasteiger partial charge in [0.05, 0.1) is 37.1 Å². The molecule has 10 heteroatoms. The lowest BCUT2D eigenvalue weighted by Gasteiger charge is -2.30. The number of nitrogens with zero attached hydrogens (tertiary/aromatic N) is 3. The summed E-state index contributed by atoms with van der Waals surface area (Å²) < 4.78 is 33.8. The van der Waals surface area contributed by atoms with Gasteiger partial charge in [-0.3, -0.25) is 4.79 Å². The first-order chi connectivity index (χ1) is 15.1. The molecule has 0 unspecified atom stereocenters.